The lowest BCUT2D eigenvalue weighted by atomic mass is 10.1. The van der Waals surface area contributed by atoms with Gasteiger partial charge in [-0.05, 0) is 19.6 Å². The molecule has 0 heterocycles. The molecule has 0 N–H and O–H groups in total. The number of hydrogen-bond acceptors (Lipinski definition) is 3. The smallest absolute Gasteiger partial charge is 0.366 e. The molecule has 4 heteroatoms. The molecule has 3 nitrogen and oxygen atoms in total. The fourth-order valence-electron chi connectivity index (χ4n) is 1.03. The third kappa shape index (κ3) is 3.67. The molecular weight excluding hydrogens is 208 g/mol. The fourth-order valence-corrected chi connectivity index (χ4v) is 1.68. The summed E-state index contributed by atoms with van der Waals surface area (Å²) in [4.78, 5) is 23.0. The van der Waals surface area contributed by atoms with Gasteiger partial charge in [-0.2, -0.15) is 0 Å². The number of ketones is 1. The molecule has 0 aliphatic rings. The Morgan fingerprint density at radius 3 is 2.07 bits per heavy atom. The maximum Gasteiger partial charge on any atom is 0.366 e. The molecule has 0 unspecified atom stereocenters. The van der Waals surface area contributed by atoms with Crippen molar-refractivity contribution in [2.45, 2.75) is 19.6 Å². The van der Waals surface area contributed by atoms with Crippen LogP contribution in [0.4, 0.5) is 0 Å². The number of carbonyl (C=O) groups is 2. The van der Waals surface area contributed by atoms with Crippen LogP contribution in [0.5, 0.6) is 0 Å². The van der Waals surface area contributed by atoms with E-state index in [1.165, 1.54) is 0 Å². The Morgan fingerprint density at radius 2 is 1.60 bits per heavy atom. The third-order valence-electron chi connectivity index (χ3n) is 1.62. The van der Waals surface area contributed by atoms with Gasteiger partial charge in [0.05, 0.1) is 0 Å². The highest BCUT2D eigenvalue weighted by atomic mass is 28.4. The van der Waals surface area contributed by atoms with Crippen molar-refractivity contribution >= 4 is 20.1 Å². The molecule has 1 rings (SSSR count). The molecule has 0 atom stereocenters. The average molecular weight is 222 g/mol. The molecule has 0 saturated carbocycles. The minimum Gasteiger partial charge on any atom is -0.514 e. The molecule has 1 aromatic rings. The summed E-state index contributed by atoms with van der Waals surface area (Å²) in [6.07, 6.45) is 0. The van der Waals surface area contributed by atoms with Gasteiger partial charge in [-0.1, -0.05) is 30.3 Å². The Bertz CT molecular complexity index is 365. The minimum absolute atomic E-state index is 0.376. The van der Waals surface area contributed by atoms with E-state index in [0.717, 1.165) is 0 Å². The van der Waals surface area contributed by atoms with Gasteiger partial charge in [0, 0.05) is 5.56 Å². The predicted octanol–water partition coefficient (Wildman–Crippen LogP) is 2.25. The number of Topliss-reactive ketones (excluding diaryl/α,β-unsaturated/α-hetero) is 1. The van der Waals surface area contributed by atoms with E-state index >= 15 is 0 Å². The zero-order valence-corrected chi connectivity index (χ0v) is 10.1. The van der Waals surface area contributed by atoms with Crippen molar-refractivity contribution < 1.29 is 14.0 Å². The third-order valence-corrected chi connectivity index (χ3v) is 2.42. The first-order valence-corrected chi connectivity index (χ1v) is 8.14. The first kappa shape index (κ1) is 11.7. The minimum atomic E-state index is -1.99. The highest BCUT2D eigenvalue weighted by molar-refractivity contribution is 6.72. The number of rotatable bonds is 3. The first-order valence-electron chi connectivity index (χ1n) is 4.73. The summed E-state index contributed by atoms with van der Waals surface area (Å²) in [6, 6.07) is 8.44. The molecule has 0 aliphatic carbocycles. The van der Waals surface area contributed by atoms with Crippen LogP contribution >= 0.6 is 0 Å². The van der Waals surface area contributed by atoms with Gasteiger partial charge in [0.15, 0.2) is 0 Å². The Balaban J connectivity index is 2.75. The van der Waals surface area contributed by atoms with Gasteiger partial charge < -0.3 is 4.43 Å². The van der Waals surface area contributed by atoms with Gasteiger partial charge in [-0.15, -0.1) is 0 Å². The molecule has 15 heavy (non-hydrogen) atoms. The highest BCUT2D eigenvalue weighted by Gasteiger charge is 2.25. The van der Waals surface area contributed by atoms with E-state index in [-0.39, 0.29) is 0 Å². The maximum atomic E-state index is 11.6. The molecule has 1 aromatic carbocycles. The second-order valence-corrected chi connectivity index (χ2v) is 8.63. The fraction of sp³-hybridized carbons (Fsp3) is 0.273. The summed E-state index contributed by atoms with van der Waals surface area (Å²) in [7, 11) is -1.99. The molecule has 0 fully saturated rings. The van der Waals surface area contributed by atoms with E-state index < -0.39 is 20.1 Å². The second kappa shape index (κ2) is 4.40. The Kier molecular flexibility index (Phi) is 3.42. The van der Waals surface area contributed by atoms with E-state index in [4.69, 9.17) is 4.43 Å². The molecule has 0 aliphatic heterocycles. The highest BCUT2D eigenvalue weighted by Crippen LogP contribution is 2.07. The Hall–Kier alpha value is -1.42. The Morgan fingerprint density at radius 1 is 1.07 bits per heavy atom. The second-order valence-electron chi connectivity index (χ2n) is 4.20. The topological polar surface area (TPSA) is 43.4 Å². The molecule has 0 spiro atoms. The lowest BCUT2D eigenvalue weighted by Gasteiger charge is -2.16. The van der Waals surface area contributed by atoms with Gasteiger partial charge in [0.25, 0.3) is 5.78 Å². The van der Waals surface area contributed by atoms with Gasteiger partial charge in [0.2, 0.25) is 8.32 Å². The van der Waals surface area contributed by atoms with Gasteiger partial charge in [-0.3, -0.25) is 4.79 Å². The Labute approximate surface area is 90.2 Å². The van der Waals surface area contributed by atoms with E-state index in [2.05, 4.69) is 0 Å². The number of hydrogen-bond donors (Lipinski definition) is 0. The van der Waals surface area contributed by atoms with Crippen LogP contribution in [0, 0.1) is 0 Å². The van der Waals surface area contributed by atoms with Crippen molar-refractivity contribution in [2.75, 3.05) is 0 Å². The molecule has 0 aromatic heterocycles. The molecule has 0 amide bonds. The average Bonchev–Trinajstić information content (AvgIpc) is 2.15. The van der Waals surface area contributed by atoms with Crippen LogP contribution in [0.3, 0.4) is 0 Å². The van der Waals surface area contributed by atoms with Crippen LogP contribution in [0.1, 0.15) is 10.4 Å². The SMILES string of the molecule is C[Si](C)(C)OC(=O)C(=O)c1ccccc1. The summed E-state index contributed by atoms with van der Waals surface area (Å²) in [5.41, 5.74) is 0.376. The predicted molar refractivity (Wildman–Crippen MR) is 60.2 cm³/mol. The van der Waals surface area contributed by atoms with Crippen LogP contribution in [-0.2, 0) is 9.22 Å². The first-order chi connectivity index (χ1) is 6.90. The molecule has 0 radical (unpaired) electrons. The van der Waals surface area contributed by atoms with Crippen LogP contribution in [-0.4, -0.2) is 20.1 Å². The summed E-state index contributed by atoms with van der Waals surface area (Å²) in [5, 5.41) is 0. The summed E-state index contributed by atoms with van der Waals surface area (Å²) in [6.45, 7) is 5.59. The van der Waals surface area contributed by atoms with Crippen LogP contribution in [0.15, 0.2) is 30.3 Å². The van der Waals surface area contributed by atoms with Crippen molar-refractivity contribution in [1.82, 2.24) is 0 Å². The van der Waals surface area contributed by atoms with Crippen LogP contribution in [0.25, 0.3) is 0 Å². The van der Waals surface area contributed by atoms with Gasteiger partial charge in [-0.25, -0.2) is 4.79 Å². The normalized spacial score (nSPS) is 10.9. The summed E-state index contributed by atoms with van der Waals surface area (Å²) < 4.78 is 5.10. The van der Waals surface area contributed by atoms with Crippen molar-refractivity contribution in [1.29, 1.82) is 0 Å². The van der Waals surface area contributed by atoms with Gasteiger partial charge in [0.1, 0.15) is 0 Å². The van der Waals surface area contributed by atoms with E-state index in [9.17, 15) is 9.59 Å². The zero-order chi connectivity index (χ0) is 11.5. The van der Waals surface area contributed by atoms with E-state index in [1.54, 1.807) is 30.3 Å². The van der Waals surface area contributed by atoms with Crippen molar-refractivity contribution in [3.63, 3.8) is 0 Å². The van der Waals surface area contributed by atoms with Crippen LogP contribution < -0.4 is 0 Å². The molecular formula is C11H14O3Si. The quantitative estimate of drug-likeness (QED) is 0.447. The summed E-state index contributed by atoms with van der Waals surface area (Å²) in [5.74, 6) is -1.32. The zero-order valence-electron chi connectivity index (χ0n) is 9.11. The van der Waals surface area contributed by atoms with E-state index in [1.807, 2.05) is 19.6 Å². The monoisotopic (exact) mass is 222 g/mol. The molecule has 0 bridgehead atoms. The summed E-state index contributed by atoms with van der Waals surface area (Å²) >= 11 is 0. The molecule has 0 saturated heterocycles. The van der Waals surface area contributed by atoms with Crippen molar-refractivity contribution in [3.8, 4) is 0 Å². The van der Waals surface area contributed by atoms with E-state index in [0.29, 0.717) is 5.56 Å². The number of carbonyl (C=O) groups excluding carboxylic acids is 2. The van der Waals surface area contributed by atoms with Crippen LogP contribution in [0.2, 0.25) is 19.6 Å². The standard InChI is InChI=1S/C11H14O3Si/c1-15(2,3)14-11(13)10(12)9-7-5-4-6-8-9/h4-8H,1-3H3. The largest absolute Gasteiger partial charge is 0.514 e. The lowest BCUT2D eigenvalue weighted by molar-refractivity contribution is -0.130. The lowest BCUT2D eigenvalue weighted by Crippen LogP contribution is -2.33. The molecule has 80 valence electrons. The number of benzene rings is 1. The maximum absolute atomic E-state index is 11.6. The van der Waals surface area contributed by atoms with Gasteiger partial charge >= 0.3 is 5.97 Å². The van der Waals surface area contributed by atoms with Crippen molar-refractivity contribution in [2.24, 2.45) is 0 Å². The van der Waals surface area contributed by atoms with Crippen molar-refractivity contribution in [3.05, 3.63) is 35.9 Å².